The van der Waals surface area contributed by atoms with Crippen LogP contribution in [0.2, 0.25) is 0 Å². The zero-order valence-electron chi connectivity index (χ0n) is 5.22. The van der Waals surface area contributed by atoms with Crippen molar-refractivity contribution in [3.05, 3.63) is 0 Å². The van der Waals surface area contributed by atoms with Gasteiger partial charge in [-0.2, -0.15) is 0 Å². The maximum absolute atomic E-state index is 6.60. The minimum atomic E-state index is -0.440. The van der Waals surface area contributed by atoms with Crippen LogP contribution in [0.3, 0.4) is 0 Å². The number of amidine groups is 2. The zero-order chi connectivity index (χ0) is 7.28. The molecular weight excluding hydrogens is 120 g/mol. The number of hydrogen-bond donors (Lipinski definition) is 3. The summed E-state index contributed by atoms with van der Waals surface area (Å²) in [6.07, 6.45) is 0. The maximum atomic E-state index is 6.60. The Kier molecular flexibility index (Phi) is 3.19. The summed E-state index contributed by atoms with van der Waals surface area (Å²) in [6.45, 7) is 2.33. The Morgan fingerprint density at radius 1 is 1.67 bits per heavy atom. The van der Waals surface area contributed by atoms with Gasteiger partial charge in [-0.1, -0.05) is 0 Å². The van der Waals surface area contributed by atoms with E-state index in [2.05, 4.69) is 9.73 Å². The van der Waals surface area contributed by atoms with E-state index in [-0.39, 0.29) is 6.02 Å². The molecule has 0 aliphatic rings. The highest BCUT2D eigenvalue weighted by molar-refractivity contribution is 5.85. The van der Waals surface area contributed by atoms with E-state index < -0.39 is 6.02 Å². The van der Waals surface area contributed by atoms with Gasteiger partial charge in [0.15, 0.2) is 0 Å². The molecule has 5 nitrogen and oxygen atoms in total. The lowest BCUT2D eigenvalue weighted by Gasteiger charge is -1.97. The van der Waals surface area contributed by atoms with Crippen molar-refractivity contribution in [2.24, 2.45) is 16.5 Å². The first kappa shape index (κ1) is 7.74. The first-order valence-corrected chi connectivity index (χ1v) is 2.48. The van der Waals surface area contributed by atoms with E-state index >= 15 is 0 Å². The van der Waals surface area contributed by atoms with Crippen LogP contribution in [-0.2, 0) is 4.74 Å². The monoisotopic (exact) mass is 130 g/mol. The highest BCUT2D eigenvalue weighted by Crippen LogP contribution is 1.72. The van der Waals surface area contributed by atoms with Crippen LogP contribution in [0.25, 0.3) is 0 Å². The van der Waals surface area contributed by atoms with Crippen LogP contribution < -0.4 is 11.5 Å². The average molecular weight is 130 g/mol. The molecule has 0 aliphatic heterocycles. The van der Waals surface area contributed by atoms with E-state index in [0.717, 1.165) is 0 Å². The van der Waals surface area contributed by atoms with E-state index in [1.54, 1.807) is 6.92 Å². The Bertz CT molecular complexity index is 131. The van der Waals surface area contributed by atoms with Gasteiger partial charge in [-0.15, -0.1) is 0 Å². The predicted octanol–water partition coefficient (Wildman–Crippen LogP) is -0.769. The fourth-order valence-electron chi connectivity index (χ4n) is 0.301. The average Bonchev–Trinajstić information content (AvgIpc) is 1.63. The Morgan fingerprint density at radius 3 is 2.56 bits per heavy atom. The van der Waals surface area contributed by atoms with Gasteiger partial charge in [0.05, 0.1) is 0 Å². The summed E-state index contributed by atoms with van der Waals surface area (Å²) in [6, 6.07) is -0.505. The second-order valence-corrected chi connectivity index (χ2v) is 1.28. The fraction of sp³-hybridized carbons (Fsp3) is 0.500. The Hall–Kier alpha value is -1.26. The summed E-state index contributed by atoms with van der Waals surface area (Å²) < 4.78 is 4.38. The molecule has 5 N–H and O–H groups in total. The number of nitrogens with one attached hydrogen (secondary N) is 1. The molecule has 5 heteroatoms. The minimum Gasteiger partial charge on any atom is -0.393 e. The molecule has 0 bridgehead atoms. The van der Waals surface area contributed by atoms with Crippen molar-refractivity contribution < 1.29 is 4.74 Å². The molecule has 0 aromatic rings. The van der Waals surface area contributed by atoms with Crippen molar-refractivity contribution in [3.8, 4) is 0 Å². The highest BCUT2D eigenvalue weighted by atomic mass is 16.5. The molecule has 0 unspecified atom stereocenters. The second-order valence-electron chi connectivity index (χ2n) is 1.28. The molecule has 0 aromatic heterocycles. The standard InChI is InChI=1S/C4H10N4O/c1-2-8-4(7)9-3(5)6/h2H2,1H3,(H3,5,6)(H2,7,8). The molecule has 0 radical (unpaired) electrons. The van der Waals surface area contributed by atoms with Gasteiger partial charge in [-0.25, -0.2) is 4.99 Å². The Labute approximate surface area is 53.2 Å². The molecule has 0 heterocycles. The van der Waals surface area contributed by atoms with Crippen molar-refractivity contribution in [1.29, 1.82) is 5.41 Å². The number of nitrogens with zero attached hydrogens (tertiary/aromatic N) is 1. The molecule has 0 fully saturated rings. The van der Waals surface area contributed by atoms with Gasteiger partial charge in [0.1, 0.15) is 0 Å². The third-order valence-electron chi connectivity index (χ3n) is 0.528. The Morgan fingerprint density at radius 2 is 2.22 bits per heavy atom. The third-order valence-corrected chi connectivity index (χ3v) is 0.528. The van der Waals surface area contributed by atoms with E-state index in [0.29, 0.717) is 6.54 Å². The topological polar surface area (TPSA) is 97.5 Å². The number of hydrogen-bond acceptors (Lipinski definition) is 3. The second kappa shape index (κ2) is 3.71. The molecule has 0 spiro atoms. The largest absolute Gasteiger partial charge is 0.393 e. The first-order valence-electron chi connectivity index (χ1n) is 2.48. The van der Waals surface area contributed by atoms with Crippen molar-refractivity contribution in [1.82, 2.24) is 0 Å². The SMILES string of the molecule is CCN=C(N)OC(=N)N. The van der Waals surface area contributed by atoms with Crippen LogP contribution in [0.5, 0.6) is 0 Å². The fourth-order valence-corrected chi connectivity index (χ4v) is 0.301. The summed E-state index contributed by atoms with van der Waals surface area (Å²) in [5, 5.41) is 6.60. The molecule has 0 saturated heterocycles. The highest BCUT2D eigenvalue weighted by Gasteiger charge is 1.91. The number of aliphatic imine (C=N–C) groups is 1. The van der Waals surface area contributed by atoms with Crippen LogP contribution in [0.15, 0.2) is 4.99 Å². The molecule has 52 valence electrons. The first-order chi connectivity index (χ1) is 4.16. The van der Waals surface area contributed by atoms with Crippen LogP contribution in [0.1, 0.15) is 6.92 Å². The van der Waals surface area contributed by atoms with Gasteiger partial charge in [0.25, 0.3) is 12.0 Å². The van der Waals surface area contributed by atoms with E-state index in [9.17, 15) is 0 Å². The van der Waals surface area contributed by atoms with Crippen LogP contribution in [0.4, 0.5) is 0 Å². The molecule has 0 saturated carbocycles. The summed E-state index contributed by atoms with van der Waals surface area (Å²) >= 11 is 0. The summed E-state index contributed by atoms with van der Waals surface area (Å²) in [7, 11) is 0. The summed E-state index contributed by atoms with van der Waals surface area (Å²) in [5.74, 6) is 0. The Balaban J connectivity index is 3.62. The third kappa shape index (κ3) is 4.60. The zero-order valence-corrected chi connectivity index (χ0v) is 5.22. The van der Waals surface area contributed by atoms with Crippen molar-refractivity contribution in [2.45, 2.75) is 6.92 Å². The van der Waals surface area contributed by atoms with Crippen molar-refractivity contribution in [3.63, 3.8) is 0 Å². The molecule has 0 aliphatic carbocycles. The summed E-state index contributed by atoms with van der Waals surface area (Å²) in [5.41, 5.74) is 9.92. The normalized spacial score (nSPS) is 11.0. The predicted molar refractivity (Wildman–Crippen MR) is 35.2 cm³/mol. The maximum Gasteiger partial charge on any atom is 0.289 e. The number of nitrogens with two attached hydrogens (primary N) is 2. The molecule has 9 heavy (non-hydrogen) atoms. The molecule has 0 atom stereocenters. The lowest BCUT2D eigenvalue weighted by atomic mass is 10.8. The summed E-state index contributed by atoms with van der Waals surface area (Å²) in [4.78, 5) is 3.62. The molecule has 0 rings (SSSR count). The van der Waals surface area contributed by atoms with Crippen LogP contribution in [-0.4, -0.2) is 18.6 Å². The van der Waals surface area contributed by atoms with Gasteiger partial charge in [0.2, 0.25) is 0 Å². The minimum absolute atomic E-state index is 0.0648. The molecule has 0 amide bonds. The quantitative estimate of drug-likeness (QED) is 0.321. The number of rotatable bonds is 1. The van der Waals surface area contributed by atoms with Gasteiger partial charge in [-0.05, 0) is 6.92 Å². The van der Waals surface area contributed by atoms with E-state index in [1.807, 2.05) is 0 Å². The van der Waals surface area contributed by atoms with Crippen LogP contribution in [0, 0.1) is 5.41 Å². The van der Waals surface area contributed by atoms with E-state index in [1.165, 1.54) is 0 Å². The van der Waals surface area contributed by atoms with Gasteiger partial charge in [-0.3, -0.25) is 5.41 Å². The smallest absolute Gasteiger partial charge is 0.289 e. The van der Waals surface area contributed by atoms with Gasteiger partial charge in [0, 0.05) is 6.54 Å². The lowest BCUT2D eigenvalue weighted by Crippen LogP contribution is -2.25. The number of ether oxygens (including phenoxy) is 1. The van der Waals surface area contributed by atoms with Gasteiger partial charge >= 0.3 is 0 Å². The van der Waals surface area contributed by atoms with Crippen LogP contribution >= 0.6 is 0 Å². The molecule has 0 aromatic carbocycles. The molecular formula is C4H10N4O. The van der Waals surface area contributed by atoms with E-state index in [4.69, 9.17) is 16.9 Å². The van der Waals surface area contributed by atoms with Gasteiger partial charge < -0.3 is 16.2 Å². The lowest BCUT2D eigenvalue weighted by molar-refractivity contribution is 0.519. The van der Waals surface area contributed by atoms with Crippen molar-refractivity contribution >= 4 is 12.0 Å². The van der Waals surface area contributed by atoms with Crippen molar-refractivity contribution in [2.75, 3.05) is 6.54 Å².